The van der Waals surface area contributed by atoms with E-state index in [1.54, 1.807) is 0 Å². The van der Waals surface area contributed by atoms with E-state index >= 15 is 0 Å². The van der Waals surface area contributed by atoms with Crippen LogP contribution in [0.3, 0.4) is 0 Å². The lowest BCUT2D eigenvalue weighted by molar-refractivity contribution is -0.135. The molecule has 0 saturated carbocycles. The Morgan fingerprint density at radius 2 is 1.74 bits per heavy atom. The van der Waals surface area contributed by atoms with Crippen molar-refractivity contribution in [2.24, 2.45) is 0 Å². The molecule has 0 aliphatic carbocycles. The molecule has 2 aromatic carbocycles. The molecule has 6 heteroatoms. The molecule has 0 bridgehead atoms. The number of amides is 2. The Bertz CT molecular complexity index is 1160. The minimum Gasteiger partial charge on any atom is -0.338 e. The average Bonchev–Trinajstić information content (AvgIpc) is 3.33. The molecule has 5 nitrogen and oxygen atoms in total. The second-order valence-electron chi connectivity index (χ2n) is 9.39. The molecule has 2 aliphatic rings. The van der Waals surface area contributed by atoms with Crippen LogP contribution < -0.4 is 0 Å². The van der Waals surface area contributed by atoms with Crippen molar-refractivity contribution in [3.63, 3.8) is 0 Å². The third-order valence-corrected chi connectivity index (χ3v) is 8.06. The summed E-state index contributed by atoms with van der Waals surface area (Å²) in [7, 11) is 0. The lowest BCUT2D eigenvalue weighted by Crippen LogP contribution is -2.57. The number of fused-ring (bicyclic) bond motifs is 1. The highest BCUT2D eigenvalue weighted by atomic mass is 32.1. The van der Waals surface area contributed by atoms with Crippen molar-refractivity contribution in [2.45, 2.75) is 32.4 Å². The van der Waals surface area contributed by atoms with Crippen molar-refractivity contribution in [3.8, 4) is 0 Å². The normalized spacial score (nSPS) is 20.8. The number of rotatable bonds is 4. The first-order valence-corrected chi connectivity index (χ1v) is 12.9. The van der Waals surface area contributed by atoms with Gasteiger partial charge in [-0.1, -0.05) is 48.0 Å². The number of piperazine rings is 1. The molecule has 2 aliphatic heterocycles. The van der Waals surface area contributed by atoms with E-state index in [0.29, 0.717) is 31.7 Å². The van der Waals surface area contributed by atoms with Gasteiger partial charge in [0.05, 0.1) is 12.6 Å². The number of hydrogen-bond donors (Lipinski definition) is 0. The van der Waals surface area contributed by atoms with E-state index < -0.39 is 0 Å². The zero-order chi connectivity index (χ0) is 23.7. The average molecular weight is 474 g/mol. The molecule has 1 saturated heterocycles. The van der Waals surface area contributed by atoms with Crippen molar-refractivity contribution < 1.29 is 9.59 Å². The van der Waals surface area contributed by atoms with E-state index in [9.17, 15) is 9.59 Å². The van der Waals surface area contributed by atoms with Crippen molar-refractivity contribution in [1.82, 2.24) is 14.7 Å². The van der Waals surface area contributed by atoms with Gasteiger partial charge in [0.25, 0.3) is 5.91 Å². The van der Waals surface area contributed by atoms with Crippen molar-refractivity contribution in [2.75, 3.05) is 32.7 Å². The zero-order valence-electron chi connectivity index (χ0n) is 19.8. The van der Waals surface area contributed by atoms with Crippen LogP contribution in [0, 0.1) is 6.92 Å². The summed E-state index contributed by atoms with van der Waals surface area (Å²) in [6, 6.07) is 20.4. The highest BCUT2D eigenvalue weighted by Gasteiger charge is 2.34. The first-order valence-electron chi connectivity index (χ1n) is 12.0. The molecule has 0 radical (unpaired) electrons. The van der Waals surface area contributed by atoms with Crippen LogP contribution in [-0.4, -0.2) is 65.3 Å². The SMILES string of the molecule is Cc1ccc([C@H]2c3ccsc3CCN2CC(=O)N2CCN(C(=O)c3ccccc3)[C@H](C)C2)cc1. The van der Waals surface area contributed by atoms with Gasteiger partial charge in [-0.05, 0) is 55.0 Å². The number of nitrogens with zero attached hydrogens (tertiary/aromatic N) is 3. The molecule has 2 atom stereocenters. The van der Waals surface area contributed by atoms with Gasteiger partial charge in [-0.25, -0.2) is 0 Å². The van der Waals surface area contributed by atoms with Crippen LogP contribution in [0.5, 0.6) is 0 Å². The standard InChI is InChI=1S/C28H31N3O2S/c1-20-8-10-22(11-9-20)27-24-13-17-34-25(24)12-14-30(27)19-26(32)29-15-16-31(21(2)18-29)28(33)23-6-4-3-5-7-23/h3-11,13,17,21,27H,12,14-16,18-19H2,1-2H3/t21-,27+/m1/s1. The van der Waals surface area contributed by atoms with Gasteiger partial charge in [-0.3, -0.25) is 14.5 Å². The van der Waals surface area contributed by atoms with Crippen molar-refractivity contribution in [1.29, 1.82) is 0 Å². The van der Waals surface area contributed by atoms with Gasteiger partial charge in [-0.2, -0.15) is 0 Å². The maximum Gasteiger partial charge on any atom is 0.254 e. The van der Waals surface area contributed by atoms with Crippen LogP contribution in [0.25, 0.3) is 0 Å². The number of aryl methyl sites for hydroxylation is 1. The smallest absolute Gasteiger partial charge is 0.254 e. The monoisotopic (exact) mass is 473 g/mol. The van der Waals surface area contributed by atoms with Crippen molar-refractivity contribution >= 4 is 23.2 Å². The summed E-state index contributed by atoms with van der Waals surface area (Å²) in [4.78, 5) is 33.9. The molecule has 0 unspecified atom stereocenters. The molecule has 3 aromatic rings. The van der Waals surface area contributed by atoms with Crippen LogP contribution >= 0.6 is 11.3 Å². The molecule has 3 heterocycles. The predicted octanol–water partition coefficient (Wildman–Crippen LogP) is 4.38. The molecule has 5 rings (SSSR count). The first-order chi connectivity index (χ1) is 16.5. The molecule has 176 valence electrons. The lowest BCUT2D eigenvalue weighted by Gasteiger charge is -2.42. The third-order valence-electron chi connectivity index (χ3n) is 7.06. The first kappa shape index (κ1) is 22.8. The van der Waals surface area contributed by atoms with Crippen LogP contribution in [0.15, 0.2) is 66.0 Å². The van der Waals surface area contributed by atoms with Gasteiger partial charge >= 0.3 is 0 Å². The van der Waals surface area contributed by atoms with Crippen LogP contribution in [0.2, 0.25) is 0 Å². The number of hydrogen-bond acceptors (Lipinski definition) is 4. The Morgan fingerprint density at radius 1 is 0.971 bits per heavy atom. The summed E-state index contributed by atoms with van der Waals surface area (Å²) in [5.74, 6) is 0.190. The summed E-state index contributed by atoms with van der Waals surface area (Å²) in [5.41, 5.74) is 4.52. The third kappa shape index (κ3) is 4.52. The van der Waals surface area contributed by atoms with Gasteiger partial charge in [0.15, 0.2) is 0 Å². The molecule has 1 fully saturated rings. The van der Waals surface area contributed by atoms with Crippen LogP contribution in [0.4, 0.5) is 0 Å². The van der Waals surface area contributed by atoms with Gasteiger partial charge in [0, 0.05) is 42.7 Å². The fourth-order valence-corrected chi connectivity index (χ4v) is 6.09. The Labute approximate surface area is 205 Å². The van der Waals surface area contributed by atoms with E-state index in [0.717, 1.165) is 13.0 Å². The molecule has 1 aromatic heterocycles. The fourth-order valence-electron chi connectivity index (χ4n) is 5.18. The number of carbonyl (C=O) groups excluding carboxylic acids is 2. The molecule has 0 N–H and O–H groups in total. The second kappa shape index (κ2) is 9.72. The summed E-state index contributed by atoms with van der Waals surface area (Å²) >= 11 is 1.82. The Kier molecular flexibility index (Phi) is 6.53. The fraction of sp³-hybridized carbons (Fsp3) is 0.357. The minimum absolute atomic E-state index is 0.0110. The molecular formula is C28H31N3O2S. The summed E-state index contributed by atoms with van der Waals surface area (Å²) in [6.45, 7) is 7.13. The maximum atomic E-state index is 13.4. The van der Waals surface area contributed by atoms with Gasteiger partial charge in [0.1, 0.15) is 0 Å². The number of carbonyl (C=O) groups is 2. The van der Waals surface area contributed by atoms with E-state index in [1.165, 1.54) is 21.6 Å². The lowest BCUT2D eigenvalue weighted by atomic mass is 9.92. The van der Waals surface area contributed by atoms with Crippen LogP contribution in [-0.2, 0) is 11.2 Å². The summed E-state index contributed by atoms with van der Waals surface area (Å²) in [5, 5.41) is 2.17. The Hall–Kier alpha value is -2.96. The highest BCUT2D eigenvalue weighted by molar-refractivity contribution is 7.10. The van der Waals surface area contributed by atoms with Crippen molar-refractivity contribution in [3.05, 3.63) is 93.2 Å². The molecule has 34 heavy (non-hydrogen) atoms. The highest BCUT2D eigenvalue weighted by Crippen LogP contribution is 2.37. The maximum absolute atomic E-state index is 13.4. The second-order valence-corrected chi connectivity index (χ2v) is 10.4. The van der Waals surface area contributed by atoms with Crippen LogP contribution in [0.1, 0.15) is 44.9 Å². The summed E-state index contributed by atoms with van der Waals surface area (Å²) in [6.07, 6.45) is 0.985. The van der Waals surface area contributed by atoms with E-state index in [-0.39, 0.29) is 23.9 Å². The predicted molar refractivity (Wildman–Crippen MR) is 136 cm³/mol. The molecular weight excluding hydrogens is 442 g/mol. The largest absolute Gasteiger partial charge is 0.338 e. The Morgan fingerprint density at radius 3 is 2.47 bits per heavy atom. The number of benzene rings is 2. The summed E-state index contributed by atoms with van der Waals surface area (Å²) < 4.78 is 0. The quantitative estimate of drug-likeness (QED) is 0.565. The Balaban J connectivity index is 1.28. The molecule has 0 spiro atoms. The minimum atomic E-state index is -0.0110. The zero-order valence-corrected chi connectivity index (χ0v) is 20.6. The van der Waals surface area contributed by atoms with E-state index in [1.807, 2.05) is 58.4 Å². The van der Waals surface area contributed by atoms with E-state index in [2.05, 4.69) is 47.5 Å². The van der Waals surface area contributed by atoms with Gasteiger partial charge in [-0.15, -0.1) is 11.3 Å². The molecule has 2 amide bonds. The number of thiophene rings is 1. The van der Waals surface area contributed by atoms with Gasteiger partial charge < -0.3 is 9.80 Å². The topological polar surface area (TPSA) is 43.9 Å². The van der Waals surface area contributed by atoms with E-state index in [4.69, 9.17) is 0 Å². The van der Waals surface area contributed by atoms with Gasteiger partial charge in [0.2, 0.25) is 5.91 Å².